The molecule has 0 aliphatic heterocycles. The minimum absolute atomic E-state index is 0.0517. The molecule has 1 aliphatic rings. The molecule has 1 atom stereocenters. The third-order valence-corrected chi connectivity index (χ3v) is 5.04. The second-order valence-corrected chi connectivity index (χ2v) is 6.82. The molecule has 138 valence electrons. The van der Waals surface area contributed by atoms with Crippen LogP contribution in [0.3, 0.4) is 0 Å². The van der Waals surface area contributed by atoms with E-state index in [2.05, 4.69) is 47.2 Å². The van der Waals surface area contributed by atoms with Crippen molar-refractivity contribution in [1.82, 2.24) is 15.1 Å². The van der Waals surface area contributed by atoms with E-state index in [9.17, 15) is 9.59 Å². The molecule has 1 amide bonds. The highest BCUT2D eigenvalue weighted by Crippen LogP contribution is 2.31. The zero-order chi connectivity index (χ0) is 18.7. The highest BCUT2D eigenvalue weighted by atomic mass is 16.5. The maximum Gasteiger partial charge on any atom is 0.306 e. The molecule has 1 aromatic heterocycles. The van der Waals surface area contributed by atoms with Crippen LogP contribution in [0.25, 0.3) is 5.69 Å². The summed E-state index contributed by atoms with van der Waals surface area (Å²) in [4.78, 5) is 23.4. The lowest BCUT2D eigenvalue weighted by Gasteiger charge is -2.24. The number of aryl methyl sites for hydroxylation is 2. The lowest BCUT2D eigenvalue weighted by Crippen LogP contribution is -2.31. The van der Waals surface area contributed by atoms with Gasteiger partial charge in [0.25, 0.3) is 0 Å². The van der Waals surface area contributed by atoms with E-state index in [-0.39, 0.29) is 30.8 Å². The van der Waals surface area contributed by atoms with Crippen LogP contribution < -0.4 is 5.32 Å². The summed E-state index contributed by atoms with van der Waals surface area (Å²) in [6.07, 6.45) is 4.92. The lowest BCUT2D eigenvalue weighted by atomic mass is 9.92. The molecule has 0 fully saturated rings. The molecule has 6 heteroatoms. The molecular formula is C20H25N3O3. The fourth-order valence-electron chi connectivity index (χ4n) is 3.37. The Kier molecular flexibility index (Phi) is 5.40. The fourth-order valence-corrected chi connectivity index (χ4v) is 3.37. The minimum atomic E-state index is -0.368. The van der Waals surface area contributed by atoms with E-state index in [4.69, 9.17) is 0 Å². The number of carbonyl (C=O) groups is 2. The van der Waals surface area contributed by atoms with Crippen LogP contribution in [-0.4, -0.2) is 28.8 Å². The van der Waals surface area contributed by atoms with Gasteiger partial charge in [0.1, 0.15) is 0 Å². The number of hydrogen-bond acceptors (Lipinski definition) is 4. The number of rotatable bonds is 5. The number of fused-ring (bicyclic) bond motifs is 1. The van der Waals surface area contributed by atoms with Gasteiger partial charge >= 0.3 is 5.97 Å². The number of hydrogen-bond donors (Lipinski definition) is 1. The smallest absolute Gasteiger partial charge is 0.306 e. The Bertz CT molecular complexity index is 826. The van der Waals surface area contributed by atoms with Crippen LogP contribution in [0.1, 0.15) is 54.1 Å². The molecule has 0 spiro atoms. The first-order chi connectivity index (χ1) is 12.5. The van der Waals surface area contributed by atoms with Crippen LogP contribution in [0, 0.1) is 13.8 Å². The number of carbonyl (C=O) groups excluding carboxylic acids is 2. The quantitative estimate of drug-likeness (QED) is 0.837. The molecule has 1 N–H and O–H groups in total. The summed E-state index contributed by atoms with van der Waals surface area (Å²) in [5.74, 6) is -0.501. The number of aromatic nitrogens is 2. The fraction of sp³-hybridized carbons (Fsp3) is 0.450. The molecule has 1 heterocycles. The van der Waals surface area contributed by atoms with Crippen LogP contribution in [-0.2, 0) is 20.7 Å². The van der Waals surface area contributed by atoms with Gasteiger partial charge in [-0.1, -0.05) is 6.07 Å². The van der Waals surface area contributed by atoms with Gasteiger partial charge < -0.3 is 10.1 Å². The number of nitrogens with one attached hydrogen (secondary N) is 1. The summed E-state index contributed by atoms with van der Waals surface area (Å²) < 4.78 is 6.57. The lowest BCUT2D eigenvalue weighted by molar-refractivity contribution is -0.142. The van der Waals surface area contributed by atoms with E-state index >= 15 is 0 Å². The molecule has 6 nitrogen and oxygen atoms in total. The zero-order valence-electron chi connectivity index (χ0n) is 15.5. The maximum absolute atomic E-state index is 12.2. The van der Waals surface area contributed by atoms with Gasteiger partial charge in [0.2, 0.25) is 5.91 Å². The topological polar surface area (TPSA) is 73.2 Å². The highest BCUT2D eigenvalue weighted by molar-refractivity contribution is 5.81. The molecule has 0 saturated carbocycles. The Morgan fingerprint density at radius 3 is 2.81 bits per heavy atom. The van der Waals surface area contributed by atoms with E-state index in [1.807, 2.05) is 10.9 Å². The predicted octanol–water partition coefficient (Wildman–Crippen LogP) is 2.94. The third-order valence-electron chi connectivity index (χ3n) is 5.04. The van der Waals surface area contributed by atoms with Crippen LogP contribution in [0.4, 0.5) is 0 Å². The number of methoxy groups -OCH3 is 1. The van der Waals surface area contributed by atoms with Gasteiger partial charge in [-0.05, 0) is 56.4 Å². The summed E-state index contributed by atoms with van der Waals surface area (Å²) in [5, 5.41) is 7.61. The second-order valence-electron chi connectivity index (χ2n) is 6.82. The van der Waals surface area contributed by atoms with E-state index in [1.165, 1.54) is 18.2 Å². The summed E-state index contributed by atoms with van der Waals surface area (Å²) in [6, 6.07) is 6.27. The van der Waals surface area contributed by atoms with Gasteiger partial charge in [0.05, 0.1) is 31.5 Å². The van der Waals surface area contributed by atoms with E-state index < -0.39 is 0 Å². The Morgan fingerprint density at radius 1 is 1.27 bits per heavy atom. The first kappa shape index (κ1) is 18.2. The van der Waals surface area contributed by atoms with Crippen LogP contribution in [0.15, 0.2) is 24.4 Å². The monoisotopic (exact) mass is 355 g/mol. The molecule has 0 radical (unpaired) electrons. The highest BCUT2D eigenvalue weighted by Gasteiger charge is 2.26. The van der Waals surface area contributed by atoms with Gasteiger partial charge in [0.15, 0.2) is 0 Å². The average Bonchev–Trinajstić information content (AvgIpc) is 3.07. The van der Waals surface area contributed by atoms with Crippen LogP contribution in [0.2, 0.25) is 0 Å². The van der Waals surface area contributed by atoms with Gasteiger partial charge in [-0.3, -0.25) is 9.59 Å². The zero-order valence-corrected chi connectivity index (χ0v) is 15.5. The number of amides is 1. The van der Waals surface area contributed by atoms with E-state index in [0.29, 0.717) is 0 Å². The number of benzene rings is 1. The molecule has 1 aromatic carbocycles. The molecule has 26 heavy (non-hydrogen) atoms. The minimum Gasteiger partial charge on any atom is -0.469 e. The van der Waals surface area contributed by atoms with Gasteiger partial charge in [-0.15, -0.1) is 0 Å². The first-order valence-corrected chi connectivity index (χ1v) is 9.00. The Labute approximate surface area is 153 Å². The average molecular weight is 355 g/mol. The molecule has 0 bridgehead atoms. The van der Waals surface area contributed by atoms with Crippen molar-refractivity contribution in [1.29, 1.82) is 0 Å². The molecule has 0 unspecified atom stereocenters. The number of esters is 1. The molecular weight excluding hydrogens is 330 g/mol. The molecule has 2 aromatic rings. The SMILES string of the molecule is COC(=O)CCC(=O)N[C@@H]1CCCc2c1cnn2-c1ccc(C)c(C)c1. The van der Waals surface area contributed by atoms with E-state index in [1.54, 1.807) is 0 Å². The largest absolute Gasteiger partial charge is 0.469 e. The van der Waals surface area contributed by atoms with Crippen molar-refractivity contribution in [3.63, 3.8) is 0 Å². The van der Waals surface area contributed by atoms with Crippen molar-refractivity contribution in [2.24, 2.45) is 0 Å². The van der Waals surface area contributed by atoms with Crippen LogP contribution in [0.5, 0.6) is 0 Å². The van der Waals surface area contributed by atoms with E-state index in [0.717, 1.165) is 36.2 Å². The molecule has 1 aliphatic carbocycles. The van der Waals surface area contributed by atoms with Crippen molar-refractivity contribution in [3.05, 3.63) is 46.8 Å². The first-order valence-electron chi connectivity index (χ1n) is 9.00. The summed E-state index contributed by atoms with van der Waals surface area (Å²) >= 11 is 0. The third kappa shape index (κ3) is 3.79. The normalized spacial score (nSPS) is 16.0. The number of nitrogens with zero attached hydrogens (tertiary/aromatic N) is 2. The molecule has 3 rings (SSSR count). The maximum atomic E-state index is 12.2. The van der Waals surface area contributed by atoms with Crippen molar-refractivity contribution >= 4 is 11.9 Å². The van der Waals surface area contributed by atoms with Crippen molar-refractivity contribution in [2.75, 3.05) is 7.11 Å². The van der Waals surface area contributed by atoms with Crippen molar-refractivity contribution < 1.29 is 14.3 Å². The van der Waals surface area contributed by atoms with Gasteiger partial charge in [0, 0.05) is 17.7 Å². The van der Waals surface area contributed by atoms with Crippen molar-refractivity contribution in [2.45, 2.75) is 52.0 Å². The number of ether oxygens (including phenoxy) is 1. The Morgan fingerprint density at radius 2 is 2.08 bits per heavy atom. The Hall–Kier alpha value is -2.63. The standard InChI is InChI=1S/C20H25N3O3/c1-13-7-8-15(11-14(13)2)23-18-6-4-5-17(16(18)12-21-23)22-19(24)9-10-20(25)26-3/h7-8,11-12,17H,4-6,9-10H2,1-3H3,(H,22,24)/t17-/m1/s1. The predicted molar refractivity (Wildman–Crippen MR) is 98.1 cm³/mol. The van der Waals surface area contributed by atoms with Gasteiger partial charge in [-0.25, -0.2) is 4.68 Å². The second kappa shape index (κ2) is 7.72. The van der Waals surface area contributed by atoms with Crippen LogP contribution >= 0.6 is 0 Å². The summed E-state index contributed by atoms with van der Waals surface area (Å²) in [7, 11) is 1.33. The summed E-state index contributed by atoms with van der Waals surface area (Å²) in [5.41, 5.74) is 5.76. The van der Waals surface area contributed by atoms with Crippen molar-refractivity contribution in [3.8, 4) is 5.69 Å². The molecule has 0 saturated heterocycles. The van der Waals surface area contributed by atoms with Gasteiger partial charge in [-0.2, -0.15) is 5.10 Å². The summed E-state index contributed by atoms with van der Waals surface area (Å²) in [6.45, 7) is 4.19. The Balaban J connectivity index is 1.77.